The molecule has 1 atom stereocenters. The maximum atomic E-state index is 14.1. The molecule has 1 aromatic heterocycles. The average molecular weight is 356 g/mol. The maximum Gasteiger partial charge on any atom is 0.433 e. The number of aromatic nitrogens is 1. The van der Waals surface area contributed by atoms with E-state index < -0.39 is 29.7 Å². The Bertz CT molecular complexity index is 763. The Morgan fingerprint density at radius 3 is 2.60 bits per heavy atom. The number of anilines is 1. The lowest BCUT2D eigenvalue weighted by molar-refractivity contribution is -0.141. The van der Waals surface area contributed by atoms with Crippen molar-refractivity contribution in [3.63, 3.8) is 0 Å². The van der Waals surface area contributed by atoms with Crippen molar-refractivity contribution in [2.24, 2.45) is 0 Å². The summed E-state index contributed by atoms with van der Waals surface area (Å²) < 4.78 is 57.3. The molecule has 1 N–H and O–H groups in total. The number of alkyl halides is 3. The summed E-state index contributed by atoms with van der Waals surface area (Å²) in [6, 6.07) is 5.79. The monoisotopic (exact) mass is 356 g/mol. The van der Waals surface area contributed by atoms with Crippen molar-refractivity contribution in [1.82, 2.24) is 4.98 Å². The first-order chi connectivity index (χ1) is 11.7. The van der Waals surface area contributed by atoms with Gasteiger partial charge in [0.25, 0.3) is 5.91 Å². The van der Waals surface area contributed by atoms with Gasteiger partial charge < -0.3 is 10.1 Å². The highest BCUT2D eigenvalue weighted by molar-refractivity contribution is 6.04. The summed E-state index contributed by atoms with van der Waals surface area (Å²) in [6.45, 7) is 3.89. The Balaban J connectivity index is 2.17. The molecule has 1 aromatic carbocycles. The van der Waals surface area contributed by atoms with Gasteiger partial charge in [-0.25, -0.2) is 4.39 Å². The molecule has 0 aliphatic heterocycles. The molecule has 1 amide bonds. The largest absolute Gasteiger partial charge is 0.433 e. The minimum absolute atomic E-state index is 0.125. The highest BCUT2D eigenvalue weighted by Gasteiger charge is 2.32. The summed E-state index contributed by atoms with van der Waals surface area (Å²) >= 11 is 0. The third kappa shape index (κ3) is 4.76. The molecule has 0 aliphatic rings. The van der Waals surface area contributed by atoms with Gasteiger partial charge in [-0.15, -0.1) is 0 Å². The molecule has 8 heteroatoms. The Hall–Kier alpha value is -2.48. The average Bonchev–Trinajstić information content (AvgIpc) is 2.54. The second-order valence-electron chi connectivity index (χ2n) is 5.22. The first-order valence-electron chi connectivity index (χ1n) is 7.48. The summed E-state index contributed by atoms with van der Waals surface area (Å²) in [5, 5.41) is 2.36. The van der Waals surface area contributed by atoms with Crippen LogP contribution in [0.15, 0.2) is 36.5 Å². The Labute approximate surface area is 141 Å². The molecular weight excluding hydrogens is 340 g/mol. The first kappa shape index (κ1) is 18.9. The van der Waals surface area contributed by atoms with Gasteiger partial charge in [0.15, 0.2) is 0 Å². The third-order valence-corrected chi connectivity index (χ3v) is 3.43. The number of halogens is 4. The third-order valence-electron chi connectivity index (χ3n) is 3.43. The van der Waals surface area contributed by atoms with Gasteiger partial charge in [-0.2, -0.15) is 13.2 Å². The fourth-order valence-corrected chi connectivity index (χ4v) is 2.20. The number of carbonyl (C=O) groups is 1. The number of hydrogen-bond donors (Lipinski definition) is 1. The number of nitrogens with zero attached hydrogens (tertiary/aromatic N) is 1. The van der Waals surface area contributed by atoms with E-state index >= 15 is 0 Å². The quantitative estimate of drug-likeness (QED) is 0.798. The van der Waals surface area contributed by atoms with Crippen molar-refractivity contribution >= 4 is 11.6 Å². The molecule has 0 bridgehead atoms. The molecule has 1 heterocycles. The van der Waals surface area contributed by atoms with Gasteiger partial charge in [-0.05, 0) is 38.1 Å². The van der Waals surface area contributed by atoms with E-state index in [0.29, 0.717) is 18.2 Å². The van der Waals surface area contributed by atoms with Crippen LogP contribution in [0.1, 0.15) is 41.6 Å². The van der Waals surface area contributed by atoms with E-state index in [2.05, 4.69) is 10.3 Å². The van der Waals surface area contributed by atoms with Crippen molar-refractivity contribution in [3.05, 3.63) is 59.2 Å². The fraction of sp³-hybridized carbons (Fsp3) is 0.294. The second kappa shape index (κ2) is 7.60. The molecule has 2 rings (SSSR count). The Morgan fingerprint density at radius 1 is 1.28 bits per heavy atom. The highest BCUT2D eigenvalue weighted by Crippen LogP contribution is 2.28. The maximum absolute atomic E-state index is 14.1. The molecule has 0 saturated carbocycles. The zero-order valence-electron chi connectivity index (χ0n) is 13.5. The van der Waals surface area contributed by atoms with Crippen LogP contribution in [0.4, 0.5) is 23.2 Å². The van der Waals surface area contributed by atoms with Gasteiger partial charge in [0, 0.05) is 29.6 Å². The molecule has 134 valence electrons. The first-order valence-corrected chi connectivity index (χ1v) is 7.48. The summed E-state index contributed by atoms with van der Waals surface area (Å²) in [4.78, 5) is 15.3. The van der Waals surface area contributed by atoms with E-state index in [1.54, 1.807) is 13.8 Å². The number of benzene rings is 1. The van der Waals surface area contributed by atoms with E-state index in [1.165, 1.54) is 12.1 Å². The van der Waals surface area contributed by atoms with Crippen molar-refractivity contribution < 1.29 is 27.1 Å². The molecule has 0 aliphatic carbocycles. The topological polar surface area (TPSA) is 51.2 Å². The number of amides is 1. The van der Waals surface area contributed by atoms with Crippen LogP contribution in [0.5, 0.6) is 0 Å². The number of carbonyl (C=O) groups excluding carboxylic acids is 1. The molecule has 25 heavy (non-hydrogen) atoms. The molecule has 0 spiro atoms. The van der Waals surface area contributed by atoms with E-state index in [1.807, 2.05) is 0 Å². The van der Waals surface area contributed by atoms with Gasteiger partial charge in [-0.3, -0.25) is 9.78 Å². The minimum Gasteiger partial charge on any atom is -0.374 e. The van der Waals surface area contributed by atoms with E-state index in [-0.39, 0.29) is 11.3 Å². The SMILES string of the molecule is CCOC(C)c1ccc(NC(=O)c2ccnc(C(F)(F)F)c2)cc1F. The van der Waals surface area contributed by atoms with Gasteiger partial charge >= 0.3 is 6.18 Å². The summed E-state index contributed by atoms with van der Waals surface area (Å²) in [5.74, 6) is -1.37. The minimum atomic E-state index is -4.65. The molecule has 4 nitrogen and oxygen atoms in total. The van der Waals surface area contributed by atoms with Crippen LogP contribution in [0.3, 0.4) is 0 Å². The van der Waals surface area contributed by atoms with E-state index in [9.17, 15) is 22.4 Å². The second-order valence-corrected chi connectivity index (χ2v) is 5.22. The van der Waals surface area contributed by atoms with Crippen LogP contribution < -0.4 is 5.32 Å². The normalized spacial score (nSPS) is 12.7. The predicted molar refractivity (Wildman–Crippen MR) is 83.6 cm³/mol. The van der Waals surface area contributed by atoms with E-state index in [4.69, 9.17) is 4.74 Å². The van der Waals surface area contributed by atoms with Crippen LogP contribution in [0.2, 0.25) is 0 Å². The lowest BCUT2D eigenvalue weighted by Gasteiger charge is -2.14. The van der Waals surface area contributed by atoms with Gasteiger partial charge in [0.2, 0.25) is 0 Å². The zero-order chi connectivity index (χ0) is 18.6. The summed E-state index contributed by atoms with van der Waals surface area (Å²) in [5.41, 5.74) is -0.954. The molecule has 0 radical (unpaired) electrons. The highest BCUT2D eigenvalue weighted by atomic mass is 19.4. The van der Waals surface area contributed by atoms with Crippen molar-refractivity contribution in [1.29, 1.82) is 0 Å². The fourth-order valence-electron chi connectivity index (χ4n) is 2.20. The van der Waals surface area contributed by atoms with Gasteiger partial charge in [-0.1, -0.05) is 6.07 Å². The number of ether oxygens (including phenoxy) is 1. The molecule has 0 saturated heterocycles. The number of hydrogen-bond acceptors (Lipinski definition) is 3. The van der Waals surface area contributed by atoms with Crippen LogP contribution in [0.25, 0.3) is 0 Å². The van der Waals surface area contributed by atoms with Crippen molar-refractivity contribution in [3.8, 4) is 0 Å². The summed E-state index contributed by atoms with van der Waals surface area (Å²) in [6.07, 6.45) is -4.21. The Morgan fingerprint density at radius 2 is 2.00 bits per heavy atom. The van der Waals surface area contributed by atoms with Crippen molar-refractivity contribution in [2.75, 3.05) is 11.9 Å². The van der Waals surface area contributed by atoms with Gasteiger partial charge in [0.1, 0.15) is 11.5 Å². The van der Waals surface area contributed by atoms with Gasteiger partial charge in [0.05, 0.1) is 6.10 Å². The molecule has 2 aromatic rings. The standard InChI is InChI=1S/C17H16F4N2O2/c1-3-25-10(2)13-5-4-12(9-14(13)18)23-16(24)11-6-7-22-15(8-11)17(19,20)21/h4-10H,3H2,1-2H3,(H,23,24). The number of pyridine rings is 1. The molecular formula is C17H16F4N2O2. The van der Waals surface area contributed by atoms with Crippen LogP contribution in [-0.2, 0) is 10.9 Å². The number of rotatable bonds is 5. The van der Waals surface area contributed by atoms with Crippen LogP contribution >= 0.6 is 0 Å². The van der Waals surface area contributed by atoms with Crippen molar-refractivity contribution in [2.45, 2.75) is 26.1 Å². The zero-order valence-corrected chi connectivity index (χ0v) is 13.5. The van der Waals surface area contributed by atoms with E-state index in [0.717, 1.165) is 18.3 Å². The van der Waals surface area contributed by atoms with Crippen LogP contribution in [0, 0.1) is 5.82 Å². The summed E-state index contributed by atoms with van der Waals surface area (Å²) in [7, 11) is 0. The van der Waals surface area contributed by atoms with Crippen LogP contribution in [-0.4, -0.2) is 17.5 Å². The predicted octanol–water partition coefficient (Wildman–Crippen LogP) is 4.59. The lowest BCUT2D eigenvalue weighted by Crippen LogP contribution is -2.15. The number of nitrogens with one attached hydrogen (secondary N) is 1. The Kier molecular flexibility index (Phi) is 5.73. The molecule has 0 fully saturated rings. The molecule has 1 unspecified atom stereocenters. The smallest absolute Gasteiger partial charge is 0.374 e. The lowest BCUT2D eigenvalue weighted by atomic mass is 10.1.